The van der Waals surface area contributed by atoms with Crippen molar-refractivity contribution in [3.8, 4) is 0 Å². The average molecular weight is 495 g/mol. The molecular formula is C35H74. The molecule has 0 heteroatoms. The lowest BCUT2D eigenvalue weighted by Crippen LogP contribution is -2.17. The first-order chi connectivity index (χ1) is 16.3. The molecule has 0 saturated heterocycles. The maximum Gasteiger partial charge on any atom is -0.0227 e. The van der Waals surface area contributed by atoms with Crippen molar-refractivity contribution in [2.45, 2.75) is 149 Å². The van der Waals surface area contributed by atoms with Crippen LogP contribution in [-0.2, 0) is 0 Å². The Labute approximate surface area is 228 Å². The summed E-state index contributed by atoms with van der Waals surface area (Å²) in [6.07, 6.45) is 15.3. The van der Waals surface area contributed by atoms with Gasteiger partial charge in [-0.25, -0.2) is 0 Å². The van der Waals surface area contributed by atoms with Gasteiger partial charge >= 0.3 is 0 Å². The van der Waals surface area contributed by atoms with Crippen molar-refractivity contribution in [2.75, 3.05) is 0 Å². The summed E-state index contributed by atoms with van der Waals surface area (Å²) < 4.78 is 0. The van der Waals surface area contributed by atoms with E-state index < -0.39 is 0 Å². The summed E-state index contributed by atoms with van der Waals surface area (Å²) in [5.74, 6) is 1.34. The van der Waals surface area contributed by atoms with Gasteiger partial charge in [-0.1, -0.05) is 164 Å². The molecule has 0 nitrogen and oxygen atoms in total. The minimum Gasteiger partial charge on any atom is -0.103 e. The molecule has 1 unspecified atom stereocenters. The standard InChI is InChI=1S/C14H28.C5H8.C5H12.C4H8.C3H6.2C2H6/c1-8-11(3)13(5)12(4)10-14(6,7)9-2;1-4-5(2)3;1-3-5-4-2;1-3-4-2;1-3-2;2*1-2/h11-12H,5,8-10H2,1-4,6-7H3;4H,1-2H2,3H3;3-5H2,1-2H3;3-4H,1-2H3;3H,1H2,2H3;2*1-2H3/b;;;4-3-;;;/t11-,12?;;;;;;/m0....../s1. The third-order valence-electron chi connectivity index (χ3n) is 5.08. The van der Waals surface area contributed by atoms with E-state index in [9.17, 15) is 0 Å². The first-order valence-electron chi connectivity index (χ1n) is 14.5. The molecule has 0 aromatic heterocycles. The zero-order valence-corrected chi connectivity index (χ0v) is 28.0. The van der Waals surface area contributed by atoms with Crippen LogP contribution in [0.3, 0.4) is 0 Å². The van der Waals surface area contributed by atoms with Crippen LogP contribution in [0.15, 0.2) is 61.8 Å². The molecule has 2 atom stereocenters. The van der Waals surface area contributed by atoms with E-state index in [1.54, 1.807) is 12.2 Å². The maximum atomic E-state index is 4.24. The number of hydrogen-bond donors (Lipinski definition) is 0. The van der Waals surface area contributed by atoms with E-state index in [0.717, 1.165) is 5.57 Å². The molecule has 0 aromatic rings. The Hall–Kier alpha value is -1.30. The van der Waals surface area contributed by atoms with Gasteiger partial charge in [0.05, 0.1) is 0 Å². The van der Waals surface area contributed by atoms with Gasteiger partial charge in [0.15, 0.2) is 0 Å². The summed E-state index contributed by atoms with van der Waals surface area (Å²) in [7, 11) is 0. The summed E-state index contributed by atoms with van der Waals surface area (Å²) in [4.78, 5) is 0. The molecule has 0 aliphatic heterocycles. The van der Waals surface area contributed by atoms with Crippen LogP contribution in [0.5, 0.6) is 0 Å². The van der Waals surface area contributed by atoms with E-state index in [4.69, 9.17) is 0 Å². The average Bonchev–Trinajstić information content (AvgIpc) is 2.87. The van der Waals surface area contributed by atoms with Gasteiger partial charge in [0, 0.05) is 0 Å². The summed E-state index contributed by atoms with van der Waals surface area (Å²) in [5, 5.41) is 0. The fourth-order valence-corrected chi connectivity index (χ4v) is 2.21. The third kappa shape index (κ3) is 65.4. The first-order valence-corrected chi connectivity index (χ1v) is 14.5. The normalized spacial score (nSPS) is 10.5. The van der Waals surface area contributed by atoms with Crippen molar-refractivity contribution in [3.63, 3.8) is 0 Å². The molecule has 35 heavy (non-hydrogen) atoms. The molecule has 0 heterocycles. The Kier molecular flexibility index (Phi) is 66.6. The van der Waals surface area contributed by atoms with Crippen molar-refractivity contribution in [1.29, 1.82) is 0 Å². The summed E-state index contributed by atoms with van der Waals surface area (Å²) in [5.41, 5.74) is 2.93. The van der Waals surface area contributed by atoms with Gasteiger partial charge in [-0.3, -0.25) is 0 Å². The zero-order valence-electron chi connectivity index (χ0n) is 28.0. The lowest BCUT2D eigenvalue weighted by atomic mass is 9.76. The van der Waals surface area contributed by atoms with Crippen molar-refractivity contribution in [1.82, 2.24) is 0 Å². The zero-order chi connectivity index (χ0) is 29.9. The predicted octanol–water partition coefficient (Wildman–Crippen LogP) is 13.8. The van der Waals surface area contributed by atoms with Crippen LogP contribution < -0.4 is 0 Å². The molecule has 0 N–H and O–H groups in total. The van der Waals surface area contributed by atoms with Crippen LogP contribution in [0.25, 0.3) is 0 Å². The van der Waals surface area contributed by atoms with E-state index >= 15 is 0 Å². The first kappa shape index (κ1) is 50.5. The van der Waals surface area contributed by atoms with Gasteiger partial charge in [-0.15, -0.1) is 6.58 Å². The van der Waals surface area contributed by atoms with Crippen LogP contribution in [0.2, 0.25) is 0 Å². The second kappa shape index (κ2) is 46.1. The Morgan fingerprint density at radius 3 is 1.23 bits per heavy atom. The maximum absolute atomic E-state index is 4.24. The predicted molar refractivity (Wildman–Crippen MR) is 176 cm³/mol. The molecule has 0 rings (SSSR count). The highest BCUT2D eigenvalue weighted by atomic mass is 14.3. The minimum absolute atomic E-state index is 0.468. The van der Waals surface area contributed by atoms with Crippen LogP contribution in [-0.4, -0.2) is 0 Å². The highest BCUT2D eigenvalue weighted by Gasteiger charge is 2.21. The van der Waals surface area contributed by atoms with Gasteiger partial charge in [-0.05, 0) is 57.8 Å². The summed E-state index contributed by atoms with van der Waals surface area (Å²) >= 11 is 0. The Morgan fingerprint density at radius 1 is 0.771 bits per heavy atom. The molecule has 0 spiro atoms. The van der Waals surface area contributed by atoms with Gasteiger partial charge in [-0.2, -0.15) is 0 Å². The number of unbranched alkanes of at least 4 members (excludes halogenated alkanes) is 2. The molecule has 0 radical (unpaired) electrons. The van der Waals surface area contributed by atoms with Gasteiger partial charge in [0.25, 0.3) is 0 Å². The van der Waals surface area contributed by atoms with Crippen molar-refractivity contribution >= 4 is 0 Å². The van der Waals surface area contributed by atoms with Gasteiger partial charge < -0.3 is 0 Å². The largest absolute Gasteiger partial charge is 0.103 e. The van der Waals surface area contributed by atoms with E-state index in [1.165, 1.54) is 44.1 Å². The lowest BCUT2D eigenvalue weighted by Gasteiger charge is -2.29. The fourth-order valence-electron chi connectivity index (χ4n) is 2.21. The van der Waals surface area contributed by atoms with E-state index in [-0.39, 0.29) is 0 Å². The van der Waals surface area contributed by atoms with E-state index in [0.29, 0.717) is 17.3 Å². The number of allylic oxidation sites excluding steroid dienone is 6. The fraction of sp³-hybridized carbons (Fsp3) is 0.714. The molecule has 0 amide bonds. The summed E-state index contributed by atoms with van der Waals surface area (Å²) in [6, 6.07) is 0. The monoisotopic (exact) mass is 495 g/mol. The Bertz CT molecular complexity index is 413. The van der Waals surface area contributed by atoms with Crippen LogP contribution in [0, 0.1) is 17.3 Å². The number of rotatable bonds is 9. The molecule has 0 saturated carbocycles. The van der Waals surface area contributed by atoms with Gasteiger partial charge in [0.2, 0.25) is 0 Å². The quantitative estimate of drug-likeness (QED) is 0.221. The molecule has 0 aromatic carbocycles. The summed E-state index contributed by atoms with van der Waals surface area (Å²) in [6.45, 7) is 48.7. The molecule has 0 aliphatic carbocycles. The SMILES string of the molecule is C/C=C\C.C=C(C(C)CC(C)(C)CC)[C@@H](C)CC.C=CC.C=CC(=C)C.CC.CC.CCCCC. The van der Waals surface area contributed by atoms with E-state index in [1.807, 2.05) is 67.5 Å². The molecule has 214 valence electrons. The van der Waals surface area contributed by atoms with Crippen LogP contribution in [0.1, 0.15) is 149 Å². The van der Waals surface area contributed by atoms with Gasteiger partial charge in [0.1, 0.15) is 0 Å². The molecule has 0 bridgehead atoms. The smallest absolute Gasteiger partial charge is 0.0227 e. The highest BCUT2D eigenvalue weighted by molar-refractivity contribution is 5.06. The second-order valence-corrected chi connectivity index (χ2v) is 8.99. The van der Waals surface area contributed by atoms with Crippen LogP contribution in [0.4, 0.5) is 0 Å². The molecular weight excluding hydrogens is 420 g/mol. The van der Waals surface area contributed by atoms with Crippen molar-refractivity contribution in [3.05, 3.63) is 61.8 Å². The third-order valence-corrected chi connectivity index (χ3v) is 5.08. The van der Waals surface area contributed by atoms with Crippen molar-refractivity contribution < 1.29 is 0 Å². The van der Waals surface area contributed by atoms with Crippen molar-refractivity contribution in [2.24, 2.45) is 17.3 Å². The van der Waals surface area contributed by atoms with Crippen LogP contribution >= 0.6 is 0 Å². The lowest BCUT2D eigenvalue weighted by molar-refractivity contribution is 0.276. The Morgan fingerprint density at radius 2 is 1.09 bits per heavy atom. The molecule has 0 aliphatic rings. The highest BCUT2D eigenvalue weighted by Crippen LogP contribution is 2.34. The topological polar surface area (TPSA) is 0 Å². The molecule has 0 fully saturated rings. The second-order valence-electron chi connectivity index (χ2n) is 8.99. The van der Waals surface area contributed by atoms with E-state index in [2.05, 4.69) is 81.7 Å². The minimum atomic E-state index is 0.468. The Balaban J connectivity index is -0.0000000619. The number of hydrogen-bond acceptors (Lipinski definition) is 0.